The molecular formula is C26H38N4O2. The number of aromatic nitrogens is 2. The Morgan fingerprint density at radius 1 is 1.03 bits per heavy atom. The van der Waals surface area contributed by atoms with Crippen LogP contribution >= 0.6 is 0 Å². The van der Waals surface area contributed by atoms with Gasteiger partial charge in [-0.2, -0.15) is 0 Å². The molecule has 0 bridgehead atoms. The van der Waals surface area contributed by atoms with Gasteiger partial charge in [-0.1, -0.05) is 38.8 Å². The fourth-order valence-electron chi connectivity index (χ4n) is 4.38. The van der Waals surface area contributed by atoms with Gasteiger partial charge in [-0.05, 0) is 43.9 Å². The third-order valence-corrected chi connectivity index (χ3v) is 6.20. The van der Waals surface area contributed by atoms with Crippen LogP contribution in [0.3, 0.4) is 0 Å². The Labute approximate surface area is 193 Å². The Bertz CT molecular complexity index is 882. The highest BCUT2D eigenvalue weighted by atomic mass is 16.5. The summed E-state index contributed by atoms with van der Waals surface area (Å²) in [7, 11) is 1.69. The van der Waals surface area contributed by atoms with Crippen LogP contribution in [0.5, 0.6) is 5.75 Å². The van der Waals surface area contributed by atoms with Crippen molar-refractivity contribution >= 4 is 11.7 Å². The zero-order chi connectivity index (χ0) is 22.9. The quantitative estimate of drug-likeness (QED) is 0.537. The fourth-order valence-corrected chi connectivity index (χ4v) is 4.38. The number of carbonyl (C=O) groups excluding carboxylic acids is 1. The van der Waals surface area contributed by atoms with Crippen LogP contribution in [0.1, 0.15) is 68.6 Å². The molecule has 1 aliphatic heterocycles. The van der Waals surface area contributed by atoms with E-state index in [2.05, 4.69) is 30.9 Å². The van der Waals surface area contributed by atoms with Gasteiger partial charge in [0.25, 0.3) is 0 Å². The number of unbranched alkanes of at least 4 members (excludes halogenated alkanes) is 2. The molecule has 0 aliphatic carbocycles. The molecule has 3 rings (SSSR count). The van der Waals surface area contributed by atoms with Crippen molar-refractivity contribution in [2.75, 3.05) is 38.2 Å². The van der Waals surface area contributed by atoms with E-state index in [1.165, 1.54) is 11.1 Å². The summed E-state index contributed by atoms with van der Waals surface area (Å²) >= 11 is 0. The van der Waals surface area contributed by atoms with E-state index in [0.29, 0.717) is 12.3 Å². The van der Waals surface area contributed by atoms with Gasteiger partial charge in [0.15, 0.2) is 0 Å². The lowest BCUT2D eigenvalue weighted by molar-refractivity contribution is -0.131. The lowest BCUT2D eigenvalue weighted by Crippen LogP contribution is -2.35. The summed E-state index contributed by atoms with van der Waals surface area (Å²) in [4.78, 5) is 26.7. The van der Waals surface area contributed by atoms with Crippen molar-refractivity contribution in [1.29, 1.82) is 0 Å². The number of nitrogens with zero attached hydrogens (tertiary/aromatic N) is 4. The number of anilines is 1. The number of methoxy groups -OCH3 is 1. The summed E-state index contributed by atoms with van der Waals surface area (Å²) < 4.78 is 5.31. The van der Waals surface area contributed by atoms with Crippen molar-refractivity contribution in [3.63, 3.8) is 0 Å². The largest absolute Gasteiger partial charge is 0.497 e. The molecule has 1 aliphatic rings. The molecule has 6 heteroatoms. The first kappa shape index (κ1) is 24.0. The first-order chi connectivity index (χ1) is 15.5. The zero-order valence-corrected chi connectivity index (χ0v) is 20.2. The second kappa shape index (κ2) is 11.8. The summed E-state index contributed by atoms with van der Waals surface area (Å²) in [5.74, 6) is 3.01. The SMILES string of the molecule is CCCCCC(=O)N1CCCN(c2nc(C)nc(CC)c2Cc2ccc(OC)cc2)CC1. The molecule has 2 heterocycles. The Morgan fingerprint density at radius 2 is 1.81 bits per heavy atom. The molecule has 1 amide bonds. The van der Waals surface area contributed by atoms with Gasteiger partial charge in [0.2, 0.25) is 5.91 Å². The minimum Gasteiger partial charge on any atom is -0.497 e. The van der Waals surface area contributed by atoms with E-state index in [4.69, 9.17) is 14.7 Å². The summed E-state index contributed by atoms with van der Waals surface area (Å²) in [6, 6.07) is 8.23. The molecule has 0 N–H and O–H groups in total. The van der Waals surface area contributed by atoms with E-state index < -0.39 is 0 Å². The molecule has 0 saturated carbocycles. The van der Waals surface area contributed by atoms with E-state index in [1.54, 1.807) is 7.11 Å². The summed E-state index contributed by atoms with van der Waals surface area (Å²) in [5, 5.41) is 0. The summed E-state index contributed by atoms with van der Waals surface area (Å²) in [6.45, 7) is 9.62. The highest BCUT2D eigenvalue weighted by molar-refractivity contribution is 5.76. The van der Waals surface area contributed by atoms with E-state index in [0.717, 1.165) is 87.8 Å². The highest BCUT2D eigenvalue weighted by Crippen LogP contribution is 2.27. The van der Waals surface area contributed by atoms with Gasteiger partial charge >= 0.3 is 0 Å². The van der Waals surface area contributed by atoms with Crippen LogP contribution in [0.4, 0.5) is 5.82 Å². The Hall–Kier alpha value is -2.63. The standard InChI is InChI=1S/C26H38N4O2/c1-5-7-8-10-25(31)29-15-9-16-30(18-17-29)26-23(24(6-2)27-20(3)28-26)19-21-11-13-22(32-4)14-12-21/h11-14H,5-10,15-19H2,1-4H3. The average Bonchev–Trinajstić information content (AvgIpc) is 3.07. The molecular weight excluding hydrogens is 400 g/mol. The molecule has 32 heavy (non-hydrogen) atoms. The molecule has 0 unspecified atom stereocenters. The lowest BCUT2D eigenvalue weighted by Gasteiger charge is -2.26. The maximum Gasteiger partial charge on any atom is 0.222 e. The van der Waals surface area contributed by atoms with Gasteiger partial charge < -0.3 is 14.5 Å². The van der Waals surface area contributed by atoms with Crippen LogP contribution < -0.4 is 9.64 Å². The number of hydrogen-bond acceptors (Lipinski definition) is 5. The van der Waals surface area contributed by atoms with Crippen LogP contribution in [0.15, 0.2) is 24.3 Å². The van der Waals surface area contributed by atoms with Crippen LogP contribution in [-0.2, 0) is 17.6 Å². The van der Waals surface area contributed by atoms with Gasteiger partial charge in [0, 0.05) is 50.3 Å². The average molecular weight is 439 g/mol. The number of hydrogen-bond donors (Lipinski definition) is 0. The van der Waals surface area contributed by atoms with Crippen molar-refractivity contribution in [2.24, 2.45) is 0 Å². The zero-order valence-electron chi connectivity index (χ0n) is 20.2. The van der Waals surface area contributed by atoms with Gasteiger partial charge in [-0.3, -0.25) is 4.79 Å². The molecule has 2 aromatic rings. The second-order valence-corrected chi connectivity index (χ2v) is 8.58. The second-order valence-electron chi connectivity index (χ2n) is 8.58. The summed E-state index contributed by atoms with van der Waals surface area (Å²) in [5.41, 5.74) is 3.53. The maximum atomic E-state index is 12.7. The van der Waals surface area contributed by atoms with Crippen LogP contribution in [0, 0.1) is 6.92 Å². The van der Waals surface area contributed by atoms with Crippen molar-refractivity contribution in [1.82, 2.24) is 14.9 Å². The third kappa shape index (κ3) is 6.21. The van der Waals surface area contributed by atoms with Gasteiger partial charge in [-0.15, -0.1) is 0 Å². The number of rotatable bonds is 9. The van der Waals surface area contributed by atoms with E-state index in [1.807, 2.05) is 24.0 Å². The Morgan fingerprint density at radius 3 is 2.50 bits per heavy atom. The van der Waals surface area contributed by atoms with E-state index in [-0.39, 0.29) is 0 Å². The smallest absolute Gasteiger partial charge is 0.222 e. The molecule has 1 aromatic carbocycles. The number of ether oxygens (including phenoxy) is 1. The highest BCUT2D eigenvalue weighted by Gasteiger charge is 2.23. The minimum absolute atomic E-state index is 0.298. The first-order valence-corrected chi connectivity index (χ1v) is 12.1. The van der Waals surface area contributed by atoms with Crippen molar-refractivity contribution in [2.45, 2.75) is 65.7 Å². The monoisotopic (exact) mass is 438 g/mol. The summed E-state index contributed by atoms with van der Waals surface area (Å²) in [6.07, 6.45) is 6.56. The van der Waals surface area contributed by atoms with Crippen molar-refractivity contribution in [3.8, 4) is 5.75 Å². The molecule has 1 saturated heterocycles. The van der Waals surface area contributed by atoms with Gasteiger partial charge in [-0.25, -0.2) is 9.97 Å². The van der Waals surface area contributed by atoms with E-state index >= 15 is 0 Å². The maximum absolute atomic E-state index is 12.7. The molecule has 0 spiro atoms. The van der Waals surface area contributed by atoms with Crippen LogP contribution in [0.2, 0.25) is 0 Å². The molecule has 1 aromatic heterocycles. The molecule has 1 fully saturated rings. The molecule has 0 atom stereocenters. The van der Waals surface area contributed by atoms with Gasteiger partial charge in [0.05, 0.1) is 7.11 Å². The van der Waals surface area contributed by atoms with Crippen molar-refractivity contribution < 1.29 is 9.53 Å². The molecule has 0 radical (unpaired) electrons. The fraction of sp³-hybridized carbons (Fsp3) is 0.577. The van der Waals surface area contributed by atoms with Crippen LogP contribution in [-0.4, -0.2) is 54.1 Å². The third-order valence-electron chi connectivity index (χ3n) is 6.20. The minimum atomic E-state index is 0.298. The predicted molar refractivity (Wildman–Crippen MR) is 129 cm³/mol. The topological polar surface area (TPSA) is 58.6 Å². The Balaban J connectivity index is 1.80. The number of benzene rings is 1. The Kier molecular flexibility index (Phi) is 8.89. The predicted octanol–water partition coefficient (Wildman–Crippen LogP) is 4.57. The normalized spacial score (nSPS) is 14.4. The first-order valence-electron chi connectivity index (χ1n) is 12.1. The van der Waals surface area contributed by atoms with E-state index in [9.17, 15) is 4.79 Å². The number of aryl methyl sites for hydroxylation is 2. The van der Waals surface area contributed by atoms with Gasteiger partial charge in [0.1, 0.15) is 17.4 Å². The van der Waals surface area contributed by atoms with Crippen molar-refractivity contribution in [3.05, 3.63) is 46.9 Å². The lowest BCUT2D eigenvalue weighted by atomic mass is 10.0. The molecule has 174 valence electrons. The molecule has 6 nitrogen and oxygen atoms in total. The number of amides is 1. The van der Waals surface area contributed by atoms with Crippen LogP contribution in [0.25, 0.3) is 0 Å². The number of carbonyl (C=O) groups is 1.